The average molecular weight is 374 g/mol. The SMILES string of the molecule is BrCC(=NN1CCCCCC1)c1ccc(Br)cc1. The number of hydrogen-bond donors (Lipinski definition) is 0. The Labute approximate surface area is 126 Å². The minimum Gasteiger partial charge on any atom is -0.297 e. The van der Waals surface area contributed by atoms with Crippen LogP contribution in [0.25, 0.3) is 0 Å². The van der Waals surface area contributed by atoms with E-state index in [2.05, 4.69) is 61.1 Å². The summed E-state index contributed by atoms with van der Waals surface area (Å²) >= 11 is 7.01. The van der Waals surface area contributed by atoms with E-state index in [4.69, 9.17) is 5.10 Å². The Hall–Kier alpha value is -0.350. The van der Waals surface area contributed by atoms with Gasteiger partial charge in [0.15, 0.2) is 0 Å². The second-order valence-corrected chi connectivity index (χ2v) is 6.03. The Morgan fingerprint density at radius 2 is 1.67 bits per heavy atom. The van der Waals surface area contributed by atoms with Crippen LogP contribution in [-0.4, -0.2) is 29.1 Å². The van der Waals surface area contributed by atoms with Gasteiger partial charge in [-0.15, -0.1) is 0 Å². The van der Waals surface area contributed by atoms with Crippen LogP contribution in [0.4, 0.5) is 0 Å². The second kappa shape index (κ2) is 7.29. The van der Waals surface area contributed by atoms with Crippen LogP contribution in [-0.2, 0) is 0 Å². The highest BCUT2D eigenvalue weighted by atomic mass is 79.9. The molecule has 0 bridgehead atoms. The zero-order valence-electron chi connectivity index (χ0n) is 10.4. The van der Waals surface area contributed by atoms with Gasteiger partial charge in [0, 0.05) is 22.9 Å². The molecule has 0 N–H and O–H groups in total. The lowest BCUT2D eigenvalue weighted by Gasteiger charge is -2.18. The predicted molar refractivity (Wildman–Crippen MR) is 84.5 cm³/mol. The summed E-state index contributed by atoms with van der Waals surface area (Å²) in [6.45, 7) is 2.18. The maximum atomic E-state index is 4.80. The first kappa shape index (κ1) is 14.1. The molecular weight excluding hydrogens is 356 g/mol. The molecule has 18 heavy (non-hydrogen) atoms. The standard InChI is InChI=1S/C14H18Br2N2/c15-11-14(12-5-7-13(16)8-6-12)17-18-9-3-1-2-4-10-18/h5-8H,1-4,9-11H2. The molecule has 2 nitrogen and oxygen atoms in total. The van der Waals surface area contributed by atoms with Crippen LogP contribution in [0.3, 0.4) is 0 Å². The van der Waals surface area contributed by atoms with Crippen LogP contribution in [0.2, 0.25) is 0 Å². The van der Waals surface area contributed by atoms with Crippen molar-refractivity contribution in [3.63, 3.8) is 0 Å². The first-order valence-electron chi connectivity index (χ1n) is 6.44. The molecule has 1 aromatic carbocycles. The highest BCUT2D eigenvalue weighted by Gasteiger charge is 2.09. The van der Waals surface area contributed by atoms with E-state index in [9.17, 15) is 0 Å². The molecule has 0 radical (unpaired) electrons. The van der Waals surface area contributed by atoms with Crippen molar-refractivity contribution in [1.29, 1.82) is 0 Å². The van der Waals surface area contributed by atoms with Gasteiger partial charge in [-0.05, 0) is 30.5 Å². The van der Waals surface area contributed by atoms with Gasteiger partial charge in [-0.25, -0.2) is 0 Å². The van der Waals surface area contributed by atoms with E-state index in [1.54, 1.807) is 0 Å². The highest BCUT2D eigenvalue weighted by molar-refractivity contribution is 9.10. The lowest BCUT2D eigenvalue weighted by atomic mass is 10.1. The number of rotatable bonds is 3. The lowest BCUT2D eigenvalue weighted by Crippen LogP contribution is -2.21. The molecule has 1 aliphatic rings. The van der Waals surface area contributed by atoms with Crippen LogP contribution >= 0.6 is 31.9 Å². The number of hydrogen-bond acceptors (Lipinski definition) is 2. The first-order chi connectivity index (χ1) is 8.79. The van der Waals surface area contributed by atoms with Gasteiger partial charge in [-0.3, -0.25) is 5.01 Å². The molecule has 1 fully saturated rings. The summed E-state index contributed by atoms with van der Waals surface area (Å²) in [5.74, 6) is 0. The molecule has 0 spiro atoms. The van der Waals surface area contributed by atoms with Crippen molar-refractivity contribution in [2.45, 2.75) is 25.7 Å². The molecule has 0 saturated carbocycles. The smallest absolute Gasteiger partial charge is 0.0782 e. The molecule has 1 aromatic rings. The molecule has 2 rings (SSSR count). The lowest BCUT2D eigenvalue weighted by molar-refractivity contribution is 0.301. The average Bonchev–Trinajstić information content (AvgIpc) is 2.66. The van der Waals surface area contributed by atoms with Gasteiger partial charge in [-0.2, -0.15) is 5.10 Å². The van der Waals surface area contributed by atoms with E-state index in [0.717, 1.165) is 28.6 Å². The predicted octanol–water partition coefficient (Wildman–Crippen LogP) is 4.42. The van der Waals surface area contributed by atoms with Gasteiger partial charge in [-0.1, -0.05) is 56.8 Å². The fraction of sp³-hybridized carbons (Fsp3) is 0.500. The zero-order valence-corrected chi connectivity index (χ0v) is 13.6. The maximum Gasteiger partial charge on any atom is 0.0782 e. The molecule has 4 heteroatoms. The molecule has 0 atom stereocenters. The van der Waals surface area contributed by atoms with Gasteiger partial charge < -0.3 is 0 Å². The largest absolute Gasteiger partial charge is 0.297 e. The van der Waals surface area contributed by atoms with Crippen molar-refractivity contribution in [2.75, 3.05) is 18.4 Å². The Balaban J connectivity index is 2.13. The van der Waals surface area contributed by atoms with E-state index < -0.39 is 0 Å². The van der Waals surface area contributed by atoms with Crippen LogP contribution in [0, 0.1) is 0 Å². The molecule has 0 aromatic heterocycles. The molecule has 1 saturated heterocycles. The van der Waals surface area contributed by atoms with Gasteiger partial charge in [0.25, 0.3) is 0 Å². The Morgan fingerprint density at radius 1 is 1.06 bits per heavy atom. The van der Waals surface area contributed by atoms with Gasteiger partial charge >= 0.3 is 0 Å². The van der Waals surface area contributed by atoms with Crippen molar-refractivity contribution in [1.82, 2.24) is 5.01 Å². The Morgan fingerprint density at radius 3 is 2.22 bits per heavy atom. The number of benzene rings is 1. The number of hydrazone groups is 1. The minimum absolute atomic E-state index is 0.797. The highest BCUT2D eigenvalue weighted by Crippen LogP contribution is 2.15. The molecule has 0 amide bonds. The van der Waals surface area contributed by atoms with E-state index in [-0.39, 0.29) is 0 Å². The van der Waals surface area contributed by atoms with E-state index >= 15 is 0 Å². The van der Waals surface area contributed by atoms with Crippen molar-refractivity contribution in [3.05, 3.63) is 34.3 Å². The molecule has 0 unspecified atom stereocenters. The third-order valence-electron chi connectivity index (χ3n) is 3.15. The summed E-state index contributed by atoms with van der Waals surface area (Å²) in [7, 11) is 0. The van der Waals surface area contributed by atoms with Crippen molar-refractivity contribution in [3.8, 4) is 0 Å². The minimum atomic E-state index is 0.797. The van der Waals surface area contributed by atoms with Crippen LogP contribution in [0.15, 0.2) is 33.8 Å². The molecule has 1 heterocycles. The third-order valence-corrected chi connectivity index (χ3v) is 4.21. The van der Waals surface area contributed by atoms with E-state index in [1.807, 2.05) is 0 Å². The van der Waals surface area contributed by atoms with Crippen LogP contribution < -0.4 is 0 Å². The van der Waals surface area contributed by atoms with Crippen molar-refractivity contribution >= 4 is 37.6 Å². The fourth-order valence-corrected chi connectivity index (χ4v) is 2.83. The summed E-state index contributed by atoms with van der Waals surface area (Å²) < 4.78 is 1.11. The molecule has 98 valence electrons. The summed E-state index contributed by atoms with van der Waals surface area (Å²) in [5, 5.41) is 7.83. The molecule has 1 aliphatic heterocycles. The first-order valence-corrected chi connectivity index (χ1v) is 8.35. The normalized spacial score (nSPS) is 17.7. The summed E-state index contributed by atoms with van der Waals surface area (Å²) in [6.07, 6.45) is 5.21. The van der Waals surface area contributed by atoms with E-state index in [0.29, 0.717) is 0 Å². The van der Waals surface area contributed by atoms with Crippen molar-refractivity contribution < 1.29 is 0 Å². The second-order valence-electron chi connectivity index (χ2n) is 4.56. The quantitative estimate of drug-likeness (QED) is 0.565. The van der Waals surface area contributed by atoms with Crippen molar-refractivity contribution in [2.24, 2.45) is 5.10 Å². The topological polar surface area (TPSA) is 15.6 Å². The van der Waals surface area contributed by atoms with Gasteiger partial charge in [0.05, 0.1) is 5.71 Å². The Kier molecular flexibility index (Phi) is 5.70. The van der Waals surface area contributed by atoms with Crippen LogP contribution in [0.1, 0.15) is 31.2 Å². The fourth-order valence-electron chi connectivity index (χ4n) is 2.13. The van der Waals surface area contributed by atoms with Crippen LogP contribution in [0.5, 0.6) is 0 Å². The maximum absolute atomic E-state index is 4.80. The summed E-state index contributed by atoms with van der Waals surface area (Å²) in [5.41, 5.74) is 2.31. The summed E-state index contributed by atoms with van der Waals surface area (Å²) in [6, 6.07) is 8.36. The van der Waals surface area contributed by atoms with Gasteiger partial charge in [0.2, 0.25) is 0 Å². The molecule has 0 aliphatic carbocycles. The van der Waals surface area contributed by atoms with E-state index in [1.165, 1.54) is 31.2 Å². The molecular formula is C14H18Br2N2. The summed E-state index contributed by atoms with van der Waals surface area (Å²) in [4.78, 5) is 0. The number of halogens is 2. The number of alkyl halides is 1. The number of nitrogens with zero attached hydrogens (tertiary/aromatic N) is 2. The zero-order chi connectivity index (χ0) is 12.8. The monoisotopic (exact) mass is 372 g/mol. The Bertz CT molecular complexity index is 393. The van der Waals surface area contributed by atoms with Gasteiger partial charge in [0.1, 0.15) is 0 Å². The third kappa shape index (κ3) is 4.09.